The van der Waals surface area contributed by atoms with Crippen molar-refractivity contribution in [3.8, 4) is 0 Å². The Labute approximate surface area is 377 Å². The summed E-state index contributed by atoms with van der Waals surface area (Å²) in [5.74, 6) is -0.712. The molecule has 0 aliphatic carbocycles. The molecule has 1 aliphatic heterocycles. The number of nitrogens with one attached hydrogen (secondary N) is 1. The number of ether oxygens (including phenoxy) is 2. The molecule has 0 spiro atoms. The van der Waals surface area contributed by atoms with E-state index in [1.807, 2.05) is 6.08 Å². The van der Waals surface area contributed by atoms with Gasteiger partial charge in [-0.2, -0.15) is 0 Å². The molecule has 1 amide bonds. The van der Waals surface area contributed by atoms with Crippen molar-refractivity contribution < 1.29 is 50.0 Å². The molecule has 8 N–H and O–H groups in total. The summed E-state index contributed by atoms with van der Waals surface area (Å²) in [5, 5.41) is 75.3. The van der Waals surface area contributed by atoms with Gasteiger partial charge in [-0.25, -0.2) is 0 Å². The number of hydrogen-bond donors (Lipinski definition) is 8. The van der Waals surface area contributed by atoms with Crippen molar-refractivity contribution in [2.75, 3.05) is 13.2 Å². The van der Waals surface area contributed by atoms with E-state index >= 15 is 0 Å². The molecule has 9 atom stereocenters. The maximum absolute atomic E-state index is 13.0. The fourth-order valence-corrected chi connectivity index (χ4v) is 7.93. The number of allylic oxidation sites excluding steroid dienone is 6. The summed E-state index contributed by atoms with van der Waals surface area (Å²) < 4.78 is 11.0. The van der Waals surface area contributed by atoms with E-state index in [2.05, 4.69) is 49.5 Å². The van der Waals surface area contributed by atoms with Crippen LogP contribution in [0.4, 0.5) is 0 Å². The predicted octanol–water partition coefficient (Wildman–Crippen LogP) is 9.17. The summed E-state index contributed by atoms with van der Waals surface area (Å²) in [5.41, 5.74) is 0. The largest absolute Gasteiger partial charge is 0.394 e. The fourth-order valence-electron chi connectivity index (χ4n) is 7.93. The van der Waals surface area contributed by atoms with Gasteiger partial charge in [0, 0.05) is 0 Å². The third-order valence-corrected chi connectivity index (χ3v) is 12.2. The lowest BCUT2D eigenvalue weighted by Gasteiger charge is -2.40. The molecule has 0 saturated carbocycles. The Morgan fingerprint density at radius 1 is 0.565 bits per heavy atom. The second-order valence-corrected chi connectivity index (χ2v) is 17.9. The van der Waals surface area contributed by atoms with Crippen molar-refractivity contribution >= 4 is 5.91 Å². The van der Waals surface area contributed by atoms with E-state index in [-0.39, 0.29) is 12.8 Å². The molecule has 1 rings (SSSR count). The van der Waals surface area contributed by atoms with Crippen LogP contribution in [-0.2, 0) is 14.3 Å². The Morgan fingerprint density at radius 2 is 1.02 bits per heavy atom. The lowest BCUT2D eigenvalue weighted by Crippen LogP contribution is -2.60. The number of hydrogen-bond acceptors (Lipinski definition) is 10. The minimum Gasteiger partial charge on any atom is -0.394 e. The highest BCUT2D eigenvalue weighted by molar-refractivity contribution is 5.80. The van der Waals surface area contributed by atoms with Gasteiger partial charge in [-0.3, -0.25) is 4.79 Å². The Morgan fingerprint density at radius 3 is 1.53 bits per heavy atom. The van der Waals surface area contributed by atoms with Crippen LogP contribution in [0.1, 0.15) is 213 Å². The minimum absolute atomic E-state index is 0.251. The average Bonchev–Trinajstić information content (AvgIpc) is 3.27. The molecule has 0 bridgehead atoms. The first-order valence-electron chi connectivity index (χ1n) is 25.4. The lowest BCUT2D eigenvalue weighted by molar-refractivity contribution is -0.303. The Kier molecular flexibility index (Phi) is 38.4. The lowest BCUT2D eigenvalue weighted by atomic mass is 9.98. The highest BCUT2D eigenvalue weighted by atomic mass is 16.7. The van der Waals surface area contributed by atoms with Crippen LogP contribution in [0.25, 0.3) is 0 Å². The van der Waals surface area contributed by atoms with Crippen LogP contribution >= 0.6 is 0 Å². The molecule has 1 aliphatic rings. The molecular weight excluding hydrogens is 787 g/mol. The first-order valence-corrected chi connectivity index (χ1v) is 25.4. The molecule has 0 radical (unpaired) electrons. The zero-order chi connectivity index (χ0) is 45.5. The summed E-state index contributed by atoms with van der Waals surface area (Å²) in [6.07, 6.45) is 36.8. The van der Waals surface area contributed by atoms with Crippen LogP contribution in [0.5, 0.6) is 0 Å². The van der Waals surface area contributed by atoms with E-state index in [9.17, 15) is 40.5 Å². The zero-order valence-electron chi connectivity index (χ0n) is 39.4. The van der Waals surface area contributed by atoms with Crippen LogP contribution in [0.2, 0.25) is 0 Å². The van der Waals surface area contributed by atoms with Crippen molar-refractivity contribution in [1.29, 1.82) is 0 Å². The van der Waals surface area contributed by atoms with Crippen molar-refractivity contribution in [2.45, 2.75) is 268 Å². The number of rotatable bonds is 42. The average molecular weight is 882 g/mol. The number of carbonyl (C=O) groups is 1. The summed E-state index contributed by atoms with van der Waals surface area (Å²) >= 11 is 0. The number of amides is 1. The van der Waals surface area contributed by atoms with E-state index in [1.165, 1.54) is 122 Å². The van der Waals surface area contributed by atoms with Crippen LogP contribution in [0.3, 0.4) is 0 Å². The number of carbonyl (C=O) groups excluding carboxylic acids is 1. The maximum Gasteiger partial charge on any atom is 0.249 e. The van der Waals surface area contributed by atoms with Gasteiger partial charge in [-0.05, 0) is 64.2 Å². The van der Waals surface area contributed by atoms with Crippen molar-refractivity contribution in [1.82, 2.24) is 5.32 Å². The molecule has 0 aromatic carbocycles. The normalized spacial score (nSPS) is 21.6. The Balaban J connectivity index is 2.22. The van der Waals surface area contributed by atoms with Gasteiger partial charge in [0.2, 0.25) is 5.91 Å². The zero-order valence-corrected chi connectivity index (χ0v) is 39.4. The highest BCUT2D eigenvalue weighted by Gasteiger charge is 2.44. The molecule has 62 heavy (non-hydrogen) atoms. The molecule has 1 heterocycles. The molecule has 9 unspecified atom stereocenters. The second-order valence-electron chi connectivity index (χ2n) is 17.9. The Hall–Kier alpha value is -1.67. The third kappa shape index (κ3) is 29.7. The standard InChI is InChI=1S/C51H95NO10/c1-3-5-7-9-11-12-13-14-15-16-17-18-19-20-21-22-23-24-25-26-27-28-29-30-31-33-35-37-39-44(55)50(60)52-42(46(56)43(54)38-36-34-32-10-8-6-4-2)41-61-51-49(59)48(58)47(57)45(40-53)62-51/h10,17-18,20-21,32,42-49,51,53-59H,3-9,11-16,19,22-31,33-41H2,1-2H3,(H,52,60)/b18-17-,21-20-,32-10+. The molecule has 1 fully saturated rings. The maximum atomic E-state index is 13.0. The Bertz CT molecular complexity index is 1100. The molecule has 1 saturated heterocycles. The van der Waals surface area contributed by atoms with Gasteiger partial charge in [0.25, 0.3) is 0 Å². The minimum atomic E-state index is -1.67. The molecule has 0 aromatic heterocycles. The van der Waals surface area contributed by atoms with Gasteiger partial charge in [0.15, 0.2) is 6.29 Å². The quantitative estimate of drug-likeness (QED) is 0.0217. The molecular formula is C51H95NO10. The van der Waals surface area contributed by atoms with Crippen molar-refractivity contribution in [3.05, 3.63) is 36.5 Å². The fraction of sp³-hybridized carbons (Fsp3) is 0.863. The number of aliphatic hydroxyl groups is 7. The molecule has 364 valence electrons. The predicted molar refractivity (Wildman–Crippen MR) is 252 cm³/mol. The SMILES string of the molecule is CCCC/C=C/CCCC(O)C(O)C(COC1OC(CO)C(O)C(O)C1O)NC(=O)C(O)CCCCCCCCCCCCCC/C=C\C/C=C\CCCCCCCCCCC. The van der Waals surface area contributed by atoms with Gasteiger partial charge < -0.3 is 50.5 Å². The van der Waals surface area contributed by atoms with Crippen LogP contribution in [-0.4, -0.2) is 110 Å². The topological polar surface area (TPSA) is 189 Å². The summed E-state index contributed by atoms with van der Waals surface area (Å²) in [4.78, 5) is 13.0. The van der Waals surface area contributed by atoms with Gasteiger partial charge in [0.05, 0.1) is 25.4 Å². The van der Waals surface area contributed by atoms with E-state index in [1.54, 1.807) is 0 Å². The monoisotopic (exact) mass is 882 g/mol. The summed E-state index contributed by atoms with van der Waals surface area (Å²) in [6.45, 7) is 3.33. The van der Waals surface area contributed by atoms with E-state index in [0.717, 1.165) is 51.4 Å². The van der Waals surface area contributed by atoms with Gasteiger partial charge in [-0.15, -0.1) is 0 Å². The number of aliphatic hydroxyl groups excluding tert-OH is 7. The summed E-state index contributed by atoms with van der Waals surface area (Å²) in [7, 11) is 0. The van der Waals surface area contributed by atoms with Gasteiger partial charge in [0.1, 0.15) is 36.6 Å². The van der Waals surface area contributed by atoms with E-state index in [0.29, 0.717) is 12.8 Å². The smallest absolute Gasteiger partial charge is 0.249 e. The number of unbranched alkanes of at least 4 members (excludes halogenated alkanes) is 24. The van der Waals surface area contributed by atoms with Gasteiger partial charge >= 0.3 is 0 Å². The summed E-state index contributed by atoms with van der Waals surface area (Å²) in [6, 6.07) is -1.18. The molecule has 0 aromatic rings. The van der Waals surface area contributed by atoms with Crippen molar-refractivity contribution in [3.63, 3.8) is 0 Å². The van der Waals surface area contributed by atoms with Gasteiger partial charge in [-0.1, -0.05) is 185 Å². The second kappa shape index (κ2) is 40.8. The van der Waals surface area contributed by atoms with Crippen LogP contribution in [0.15, 0.2) is 36.5 Å². The van der Waals surface area contributed by atoms with Crippen LogP contribution in [0, 0.1) is 0 Å². The highest BCUT2D eigenvalue weighted by Crippen LogP contribution is 2.23. The van der Waals surface area contributed by atoms with Crippen LogP contribution < -0.4 is 5.32 Å². The first kappa shape index (κ1) is 58.3. The van der Waals surface area contributed by atoms with Crippen molar-refractivity contribution in [2.24, 2.45) is 0 Å². The van der Waals surface area contributed by atoms with E-state index in [4.69, 9.17) is 9.47 Å². The molecule has 11 heteroatoms. The first-order chi connectivity index (χ1) is 30.2. The third-order valence-electron chi connectivity index (χ3n) is 12.2. The van der Waals surface area contributed by atoms with E-state index < -0.39 is 74.2 Å². The molecule has 11 nitrogen and oxygen atoms in total.